The number of anilines is 7. The minimum atomic E-state index is -4.60. The van der Waals surface area contributed by atoms with Crippen molar-refractivity contribution < 1.29 is 22.8 Å². The quantitative estimate of drug-likeness (QED) is 0.0386. The molecular weight excluding hydrogens is 1050 g/mol. The molecule has 2 unspecified atom stereocenters. The summed E-state index contributed by atoms with van der Waals surface area (Å²) in [5.41, 5.74) is -1.04. The second-order valence-corrected chi connectivity index (χ2v) is 20.4. The zero-order valence-corrected chi connectivity index (χ0v) is 45.4. The predicted octanol–water partition coefficient (Wildman–Crippen LogP) is 7.35. The molecule has 18 nitrogen and oxygen atoms in total. The molecule has 2 amide bonds. The molecule has 0 spiro atoms. The summed E-state index contributed by atoms with van der Waals surface area (Å²) in [6, 6.07) is 11.8. The van der Waals surface area contributed by atoms with Crippen molar-refractivity contribution in [1.82, 2.24) is 45.3 Å². The topological polar surface area (TPSA) is 195 Å². The van der Waals surface area contributed by atoms with E-state index in [9.17, 15) is 22.8 Å². The number of hydrogen-bond donors (Lipinski definition) is 8. The molecule has 73 heavy (non-hydrogen) atoms. The Balaban J connectivity index is 1.13. The van der Waals surface area contributed by atoms with Gasteiger partial charge in [0.25, 0.3) is 0 Å². The van der Waals surface area contributed by atoms with Crippen LogP contribution in [0.15, 0.2) is 48.5 Å². The number of nitrogens with one attached hydrogen (secondary N) is 8. The van der Waals surface area contributed by atoms with E-state index >= 15 is 0 Å². The molecule has 2 fully saturated rings. The number of rotatable bonds is 21. The third-order valence-electron chi connectivity index (χ3n) is 12.6. The maximum Gasteiger partial charge on any atom is 0.417 e. The van der Waals surface area contributed by atoms with Crippen LogP contribution in [0.4, 0.5) is 53.9 Å². The van der Waals surface area contributed by atoms with Gasteiger partial charge in [-0.3, -0.25) is 9.59 Å². The van der Waals surface area contributed by atoms with Crippen LogP contribution < -0.4 is 47.4 Å². The molecular formula is C47H62Cl3F3N16O2S2. The summed E-state index contributed by atoms with van der Waals surface area (Å²) >= 11 is 29.4. The Labute approximate surface area is 449 Å². The molecule has 0 aliphatic carbocycles. The molecule has 0 radical (unpaired) electrons. The lowest BCUT2D eigenvalue weighted by Gasteiger charge is -2.30. The van der Waals surface area contributed by atoms with E-state index in [1.165, 1.54) is 6.07 Å². The van der Waals surface area contributed by atoms with Crippen molar-refractivity contribution in [2.75, 3.05) is 136 Å². The highest BCUT2D eigenvalue weighted by Gasteiger charge is 2.45. The van der Waals surface area contributed by atoms with Crippen LogP contribution in [0.2, 0.25) is 15.1 Å². The lowest BCUT2D eigenvalue weighted by molar-refractivity contribution is -0.137. The summed E-state index contributed by atoms with van der Waals surface area (Å²) in [5, 5.41) is 25.5. The summed E-state index contributed by atoms with van der Waals surface area (Å²) in [5.74, 6) is 1.60. The largest absolute Gasteiger partial charge is 0.417 e. The fourth-order valence-corrected chi connectivity index (χ4v) is 9.44. The normalized spacial score (nSPS) is 18.0. The number of carbonyl (C=O) groups excluding carboxylic acids is 2. The number of thiocarbonyl (C=S) groups is 2. The van der Waals surface area contributed by atoms with Crippen LogP contribution in [-0.2, 0) is 15.8 Å². The number of likely N-dealkylation sites (N-methyl/N-ethyl adjacent to an activating group) is 2. The number of nitrogens with zero attached hydrogens (tertiary/aromatic N) is 8. The van der Waals surface area contributed by atoms with Gasteiger partial charge in [0, 0.05) is 88.6 Å². The van der Waals surface area contributed by atoms with Crippen molar-refractivity contribution in [3.8, 4) is 0 Å². The average Bonchev–Trinajstić information content (AvgIpc) is 3.96. The van der Waals surface area contributed by atoms with Gasteiger partial charge in [-0.05, 0) is 121 Å². The van der Waals surface area contributed by atoms with Gasteiger partial charge >= 0.3 is 6.18 Å². The van der Waals surface area contributed by atoms with Crippen molar-refractivity contribution in [3.63, 3.8) is 0 Å². The van der Waals surface area contributed by atoms with E-state index < -0.39 is 27.6 Å². The van der Waals surface area contributed by atoms with E-state index in [-0.39, 0.29) is 52.7 Å². The smallest absolute Gasteiger partial charge is 0.369 e. The van der Waals surface area contributed by atoms with Crippen LogP contribution in [0.25, 0.3) is 0 Å². The van der Waals surface area contributed by atoms with Crippen molar-refractivity contribution >= 4 is 122 Å². The maximum absolute atomic E-state index is 14.3. The van der Waals surface area contributed by atoms with Gasteiger partial charge in [-0.25, -0.2) is 4.98 Å². The van der Waals surface area contributed by atoms with Crippen LogP contribution in [0.5, 0.6) is 0 Å². The first kappa shape index (κ1) is 57.1. The molecule has 2 saturated heterocycles. The van der Waals surface area contributed by atoms with Gasteiger partial charge in [0.1, 0.15) is 17.5 Å². The number of benzene rings is 2. The lowest BCUT2D eigenvalue weighted by Crippen LogP contribution is -2.49. The van der Waals surface area contributed by atoms with Crippen LogP contribution in [0.3, 0.4) is 0 Å². The van der Waals surface area contributed by atoms with Crippen LogP contribution >= 0.6 is 59.2 Å². The van der Waals surface area contributed by atoms with Gasteiger partial charge < -0.3 is 62.1 Å². The maximum atomic E-state index is 14.3. The highest BCUT2D eigenvalue weighted by atomic mass is 35.5. The van der Waals surface area contributed by atoms with E-state index in [0.717, 1.165) is 38.3 Å². The minimum absolute atomic E-state index is 0.0160. The summed E-state index contributed by atoms with van der Waals surface area (Å²) in [4.78, 5) is 55.1. The number of hydrogen-bond acceptors (Lipinski definition) is 14. The molecule has 2 aliphatic rings. The number of alkyl halides is 3. The summed E-state index contributed by atoms with van der Waals surface area (Å²) < 4.78 is 39.7. The van der Waals surface area contributed by atoms with Gasteiger partial charge in [0.2, 0.25) is 23.7 Å². The van der Waals surface area contributed by atoms with Gasteiger partial charge in [-0.1, -0.05) is 48.7 Å². The molecule has 6 rings (SSSR count). The van der Waals surface area contributed by atoms with Gasteiger partial charge in [0.15, 0.2) is 10.2 Å². The summed E-state index contributed by atoms with van der Waals surface area (Å²) in [6.07, 6.45) is -3.34. The number of likely N-dealkylation sites (tertiary alicyclic amines) is 2. The molecule has 4 heterocycles. The molecule has 26 heteroatoms. The van der Waals surface area contributed by atoms with Crippen LogP contribution in [-0.4, -0.2) is 156 Å². The minimum Gasteiger partial charge on any atom is -0.369 e. The van der Waals surface area contributed by atoms with E-state index in [4.69, 9.17) is 69.2 Å². The zero-order valence-electron chi connectivity index (χ0n) is 41.5. The number of carbonyl (C=O) groups is 2. The fourth-order valence-electron chi connectivity index (χ4n) is 8.43. The number of aromatic nitrogens is 4. The van der Waals surface area contributed by atoms with E-state index in [0.29, 0.717) is 91.0 Å². The van der Waals surface area contributed by atoms with Crippen molar-refractivity contribution in [3.05, 3.63) is 74.9 Å². The lowest BCUT2D eigenvalue weighted by atomic mass is 9.85. The Bertz CT molecular complexity index is 2620. The van der Waals surface area contributed by atoms with E-state index in [2.05, 4.69) is 76.1 Å². The standard InChI is InChI=1S/C47H62Cl3F3N16O2S2/c1-7-68-17-13-45(27-68,25-56-36-21-29(3)58-41(61-36)64-43(72)59-30-9-11-32(34(49)22-30)47(51,52)53)40(71)55-16-20-67(6)38-24-37(62-42(63-38)65-44(73)60-31-10-12-33(48)35(50)23-31)57-26-46(14-18-69(8-2)28-46)39(70)54-15-19-66(4)5/h9-12,21-24H,7-8,13-20,25-28H2,1-6H3,(H,54,70)(H,55,71)(H3,56,58,59,61,64,72)(H3,57,60,62,63,65,73). The molecule has 2 aromatic carbocycles. The van der Waals surface area contributed by atoms with Crippen LogP contribution in [0.1, 0.15) is 37.9 Å². The molecule has 2 aliphatic heterocycles. The number of halogens is 6. The second kappa shape index (κ2) is 25.4. The van der Waals surface area contributed by atoms with Gasteiger partial charge in [0.05, 0.1) is 31.5 Å². The average molecular weight is 1110 g/mol. The third kappa shape index (κ3) is 15.9. The predicted molar refractivity (Wildman–Crippen MR) is 295 cm³/mol. The molecule has 2 aromatic heterocycles. The summed E-state index contributed by atoms with van der Waals surface area (Å²) in [6.45, 7) is 12.6. The fraction of sp³-hybridized carbons (Fsp3) is 0.489. The second-order valence-electron chi connectivity index (χ2n) is 18.4. The molecule has 8 N–H and O–H groups in total. The monoisotopic (exact) mass is 1110 g/mol. The summed E-state index contributed by atoms with van der Waals surface area (Å²) in [7, 11) is 5.79. The van der Waals surface area contributed by atoms with E-state index in [1.807, 2.05) is 30.9 Å². The van der Waals surface area contributed by atoms with Crippen molar-refractivity contribution in [2.24, 2.45) is 10.8 Å². The Kier molecular flexibility index (Phi) is 19.9. The van der Waals surface area contributed by atoms with Crippen molar-refractivity contribution in [2.45, 2.75) is 39.8 Å². The van der Waals surface area contributed by atoms with Gasteiger partial charge in [-0.15, -0.1) is 0 Å². The Morgan fingerprint density at radius 1 is 0.685 bits per heavy atom. The highest BCUT2D eigenvalue weighted by Crippen LogP contribution is 2.37. The molecule has 0 bridgehead atoms. The first-order valence-corrected chi connectivity index (χ1v) is 25.6. The number of aryl methyl sites for hydroxylation is 1. The molecule has 396 valence electrons. The highest BCUT2D eigenvalue weighted by molar-refractivity contribution is 7.81. The van der Waals surface area contributed by atoms with Crippen LogP contribution in [0, 0.1) is 17.8 Å². The Morgan fingerprint density at radius 3 is 1.68 bits per heavy atom. The first-order chi connectivity index (χ1) is 34.6. The first-order valence-electron chi connectivity index (χ1n) is 23.7. The van der Waals surface area contributed by atoms with E-state index in [1.54, 1.807) is 37.3 Å². The molecule has 4 aromatic rings. The number of amides is 2. The van der Waals surface area contributed by atoms with Gasteiger partial charge in [-0.2, -0.15) is 28.1 Å². The Hall–Kier alpha value is -5.14. The molecule has 2 atom stereocenters. The molecule has 0 saturated carbocycles. The zero-order chi connectivity index (χ0) is 53.1. The SMILES string of the molecule is CCN1CCC(CNc2cc(C)nc(NC(=S)Nc3ccc(C(F)(F)F)c(Cl)c3)n2)(C(=O)NCCN(C)c2cc(NCC3(C(=O)NCCN(C)C)CCN(CC)C3)nc(NC(=S)Nc3ccc(Cl)c(Cl)c3)n2)C1. The Morgan fingerprint density at radius 2 is 1.19 bits per heavy atom. The van der Waals surface area contributed by atoms with Crippen molar-refractivity contribution in [1.29, 1.82) is 0 Å². The third-order valence-corrected chi connectivity index (χ3v) is 14.1.